The molecule has 7 rings (SSSR count). The van der Waals surface area contributed by atoms with Crippen LogP contribution in [0.1, 0.15) is 18.4 Å². The van der Waals surface area contributed by atoms with Crippen molar-refractivity contribution in [3.63, 3.8) is 0 Å². The summed E-state index contributed by atoms with van der Waals surface area (Å²) in [5.74, 6) is 0. The van der Waals surface area contributed by atoms with Crippen molar-refractivity contribution in [1.29, 1.82) is 0 Å². The number of benzene rings is 3. The van der Waals surface area contributed by atoms with Crippen LogP contribution in [0.5, 0.6) is 0 Å². The smallest absolute Gasteiger partial charge is 0.0977 e. The summed E-state index contributed by atoms with van der Waals surface area (Å²) in [6.45, 7) is 0. The van der Waals surface area contributed by atoms with Gasteiger partial charge in [-0.05, 0) is 48.7 Å². The lowest BCUT2D eigenvalue weighted by Crippen LogP contribution is -1.99. The summed E-state index contributed by atoms with van der Waals surface area (Å²) in [6, 6.07) is 26.2. The number of hydrogen-bond acceptors (Lipinski definition) is 2. The van der Waals surface area contributed by atoms with E-state index in [0.29, 0.717) is 0 Å². The first-order valence-electron chi connectivity index (χ1n) is 11.1. The standard InChI is InChI=1S/C29H20N2S/c1-2-9-19(10-3-1)20-11-4-6-13-23(20)31-24-17-16-22-21-12-5-7-15-26(21)32-29(22)27(24)28-25(31)14-8-18-30-28/h2,4-18H,1,3H2. The summed E-state index contributed by atoms with van der Waals surface area (Å²) in [5.41, 5.74) is 7.21. The lowest BCUT2D eigenvalue weighted by Gasteiger charge is -2.15. The average molecular weight is 429 g/mol. The number of pyridine rings is 1. The molecule has 0 saturated heterocycles. The first kappa shape index (κ1) is 17.9. The van der Waals surface area contributed by atoms with E-state index in [9.17, 15) is 0 Å². The summed E-state index contributed by atoms with van der Waals surface area (Å²) in [4.78, 5) is 4.88. The Balaban J connectivity index is 1.64. The van der Waals surface area contributed by atoms with Gasteiger partial charge in [-0.1, -0.05) is 60.7 Å². The van der Waals surface area contributed by atoms with Crippen LogP contribution in [0.15, 0.2) is 97.2 Å². The van der Waals surface area contributed by atoms with E-state index in [-0.39, 0.29) is 0 Å². The van der Waals surface area contributed by atoms with E-state index in [2.05, 4.69) is 89.5 Å². The quantitative estimate of drug-likeness (QED) is 0.271. The van der Waals surface area contributed by atoms with Gasteiger partial charge in [0.15, 0.2) is 0 Å². The molecule has 0 spiro atoms. The van der Waals surface area contributed by atoms with E-state index in [4.69, 9.17) is 4.98 Å². The first-order chi connectivity index (χ1) is 15.9. The van der Waals surface area contributed by atoms with Gasteiger partial charge in [-0.2, -0.15) is 0 Å². The lowest BCUT2D eigenvalue weighted by atomic mass is 9.98. The van der Waals surface area contributed by atoms with E-state index >= 15 is 0 Å². The first-order valence-corrected chi connectivity index (χ1v) is 11.9. The Morgan fingerprint density at radius 2 is 1.69 bits per heavy atom. The van der Waals surface area contributed by atoms with Crippen molar-refractivity contribution < 1.29 is 0 Å². The van der Waals surface area contributed by atoms with Crippen molar-refractivity contribution in [2.45, 2.75) is 12.8 Å². The molecule has 3 aromatic heterocycles. The second-order valence-corrected chi connectivity index (χ2v) is 9.35. The molecule has 0 amide bonds. The van der Waals surface area contributed by atoms with Crippen LogP contribution in [0.25, 0.3) is 53.4 Å². The highest BCUT2D eigenvalue weighted by Crippen LogP contribution is 2.43. The molecule has 6 aromatic rings. The van der Waals surface area contributed by atoms with Gasteiger partial charge in [-0.15, -0.1) is 11.3 Å². The maximum absolute atomic E-state index is 4.88. The number of fused-ring (bicyclic) bond motifs is 7. The van der Waals surface area contributed by atoms with E-state index in [1.165, 1.54) is 47.9 Å². The Bertz CT molecular complexity index is 1730. The molecular weight excluding hydrogens is 408 g/mol. The third-order valence-electron chi connectivity index (χ3n) is 6.48. The minimum atomic E-state index is 1.07. The maximum Gasteiger partial charge on any atom is 0.0977 e. The van der Waals surface area contributed by atoms with Crippen molar-refractivity contribution in [2.24, 2.45) is 0 Å². The maximum atomic E-state index is 4.88. The Kier molecular flexibility index (Phi) is 3.87. The summed E-state index contributed by atoms with van der Waals surface area (Å²) < 4.78 is 5.05. The minimum absolute atomic E-state index is 1.07. The number of allylic oxidation sites excluding steroid dienone is 4. The normalized spacial score (nSPS) is 14.1. The van der Waals surface area contributed by atoms with E-state index < -0.39 is 0 Å². The molecule has 2 nitrogen and oxygen atoms in total. The van der Waals surface area contributed by atoms with Crippen molar-refractivity contribution in [3.05, 3.63) is 103 Å². The van der Waals surface area contributed by atoms with Crippen LogP contribution in [-0.4, -0.2) is 9.55 Å². The number of thiophene rings is 1. The molecule has 3 aromatic carbocycles. The highest BCUT2D eigenvalue weighted by Gasteiger charge is 2.20. The van der Waals surface area contributed by atoms with Gasteiger partial charge in [-0.25, -0.2) is 0 Å². The zero-order chi connectivity index (χ0) is 21.1. The zero-order valence-electron chi connectivity index (χ0n) is 17.5. The molecule has 3 heteroatoms. The zero-order valence-corrected chi connectivity index (χ0v) is 18.3. The summed E-state index contributed by atoms with van der Waals surface area (Å²) in [7, 11) is 0. The van der Waals surface area contributed by atoms with Crippen LogP contribution < -0.4 is 0 Å². The molecule has 0 N–H and O–H groups in total. The fourth-order valence-corrected chi connectivity index (χ4v) is 6.32. The monoisotopic (exact) mass is 428 g/mol. The number of rotatable bonds is 2. The van der Waals surface area contributed by atoms with Gasteiger partial charge in [0.05, 0.1) is 22.2 Å². The van der Waals surface area contributed by atoms with Gasteiger partial charge in [0.2, 0.25) is 0 Å². The van der Waals surface area contributed by atoms with Crippen LogP contribution >= 0.6 is 11.3 Å². The molecule has 0 unspecified atom stereocenters. The number of hydrogen-bond donors (Lipinski definition) is 0. The molecule has 3 heterocycles. The molecule has 0 fully saturated rings. The van der Waals surface area contributed by atoms with E-state index in [0.717, 1.165) is 23.9 Å². The average Bonchev–Trinajstić information content (AvgIpc) is 3.40. The van der Waals surface area contributed by atoms with Gasteiger partial charge >= 0.3 is 0 Å². The third-order valence-corrected chi connectivity index (χ3v) is 7.68. The van der Waals surface area contributed by atoms with Crippen molar-refractivity contribution in [2.75, 3.05) is 0 Å². The van der Waals surface area contributed by atoms with Crippen LogP contribution in [0.3, 0.4) is 0 Å². The Hall–Kier alpha value is -3.69. The fourth-order valence-electron chi connectivity index (χ4n) is 5.08. The van der Waals surface area contributed by atoms with Crippen LogP contribution in [0.2, 0.25) is 0 Å². The van der Waals surface area contributed by atoms with Gasteiger partial charge in [0.25, 0.3) is 0 Å². The molecule has 1 aliphatic rings. The Morgan fingerprint density at radius 3 is 2.62 bits per heavy atom. The number of aromatic nitrogens is 2. The highest BCUT2D eigenvalue weighted by molar-refractivity contribution is 7.26. The molecule has 0 radical (unpaired) electrons. The summed E-state index contributed by atoms with van der Waals surface area (Å²) in [6.07, 6.45) is 11.0. The second-order valence-electron chi connectivity index (χ2n) is 8.30. The van der Waals surface area contributed by atoms with Crippen molar-refractivity contribution in [3.8, 4) is 5.69 Å². The number of para-hydroxylation sites is 1. The van der Waals surface area contributed by atoms with Crippen LogP contribution in [0.4, 0.5) is 0 Å². The molecular formula is C29H20N2S. The van der Waals surface area contributed by atoms with Gasteiger partial charge in [-0.3, -0.25) is 4.98 Å². The lowest BCUT2D eigenvalue weighted by molar-refractivity contribution is 1.04. The Labute approximate surface area is 189 Å². The topological polar surface area (TPSA) is 17.8 Å². The molecule has 0 bridgehead atoms. The predicted molar refractivity (Wildman–Crippen MR) is 138 cm³/mol. The molecule has 1 aliphatic carbocycles. The molecule has 152 valence electrons. The second kappa shape index (κ2) is 6.91. The largest absolute Gasteiger partial charge is 0.307 e. The highest BCUT2D eigenvalue weighted by atomic mass is 32.1. The molecule has 0 aliphatic heterocycles. The summed E-state index contributed by atoms with van der Waals surface area (Å²) >= 11 is 1.87. The van der Waals surface area contributed by atoms with Crippen molar-refractivity contribution in [1.82, 2.24) is 9.55 Å². The summed E-state index contributed by atoms with van der Waals surface area (Å²) in [5, 5.41) is 3.89. The van der Waals surface area contributed by atoms with E-state index in [1.54, 1.807) is 0 Å². The predicted octanol–water partition coefficient (Wildman–Crippen LogP) is 8.28. The SMILES string of the molecule is C1=CC(c2ccccc2-n2c3cccnc3c3c4sc5ccccc5c4ccc32)=CCC1. The third kappa shape index (κ3) is 2.49. The Morgan fingerprint density at radius 1 is 0.781 bits per heavy atom. The van der Waals surface area contributed by atoms with Gasteiger partial charge < -0.3 is 4.57 Å². The van der Waals surface area contributed by atoms with E-state index in [1.807, 2.05) is 23.6 Å². The van der Waals surface area contributed by atoms with Crippen molar-refractivity contribution >= 4 is 59.0 Å². The van der Waals surface area contributed by atoms with Crippen LogP contribution in [-0.2, 0) is 0 Å². The molecule has 0 atom stereocenters. The van der Waals surface area contributed by atoms with Crippen LogP contribution in [0, 0.1) is 0 Å². The van der Waals surface area contributed by atoms with Gasteiger partial charge in [0.1, 0.15) is 0 Å². The fraction of sp³-hybridized carbons (Fsp3) is 0.0690. The molecule has 0 saturated carbocycles. The number of nitrogens with zero attached hydrogens (tertiary/aromatic N) is 2. The molecule has 32 heavy (non-hydrogen) atoms. The van der Waals surface area contributed by atoms with Gasteiger partial charge in [0, 0.05) is 37.3 Å². The minimum Gasteiger partial charge on any atom is -0.307 e.